The van der Waals surface area contributed by atoms with Gasteiger partial charge in [-0.15, -0.1) is 0 Å². The number of hydrogen-bond acceptors (Lipinski definition) is 12. The third-order valence-electron chi connectivity index (χ3n) is 14.4. The van der Waals surface area contributed by atoms with Crippen LogP contribution in [0.25, 0.3) is 0 Å². The SMILES string of the molecule is CCC1C=C(C)CC(C)CC(OC)C2OC(O)(C(=O)C(=O)N3CCCCC3C(=O)OC(C(C)=CC3(N(C)c4ccncc4)CCCC(OC)C3)C(C)CCC1=O)C(C)CC2OC. The lowest BCUT2D eigenvalue weighted by molar-refractivity contribution is -0.302. The molecule has 5 rings (SSSR count). The van der Waals surface area contributed by atoms with Gasteiger partial charge in [-0.3, -0.25) is 19.4 Å². The lowest BCUT2D eigenvalue weighted by Crippen LogP contribution is -2.64. The standard InChI is InChI=1S/C49H75N3O10/c1-11-36-26-31(2)25-32(3)27-41(59-9)44-42(60-10)28-35(6)49(57,62-44)45(54)46(55)52-24-13-12-16-39(52)47(56)61-43(33(4)17-18-40(36)53)34(5)29-48(21-14-15-38(30-48)58-8)51(7)37-19-22-50-23-20-37/h19-20,22-23,26,29,32-33,35-36,38-39,41-44,57H,11-18,21,24-25,27-28,30H2,1-10H3. The van der Waals surface area contributed by atoms with Crippen molar-refractivity contribution in [2.24, 2.45) is 23.7 Å². The Morgan fingerprint density at radius 2 is 1.68 bits per heavy atom. The maximum Gasteiger partial charge on any atom is 0.329 e. The average Bonchev–Trinajstić information content (AvgIpc) is 3.27. The Labute approximate surface area is 370 Å². The summed E-state index contributed by atoms with van der Waals surface area (Å²) in [5.74, 6) is -6.32. The summed E-state index contributed by atoms with van der Waals surface area (Å²) >= 11 is 0. The molecule has 13 nitrogen and oxygen atoms in total. The van der Waals surface area contributed by atoms with Crippen molar-refractivity contribution in [3.63, 3.8) is 0 Å². The Morgan fingerprint density at radius 1 is 0.984 bits per heavy atom. The van der Waals surface area contributed by atoms with Crippen molar-refractivity contribution in [3.05, 3.63) is 47.8 Å². The highest BCUT2D eigenvalue weighted by Gasteiger charge is 2.56. The Bertz CT molecular complexity index is 1750. The molecule has 12 unspecified atom stereocenters. The molecular formula is C49H75N3O10. The number of carbonyl (C=O) groups excluding carboxylic acids is 4. The number of amides is 1. The van der Waals surface area contributed by atoms with Crippen molar-refractivity contribution >= 4 is 29.1 Å². The van der Waals surface area contributed by atoms with Crippen LogP contribution < -0.4 is 4.90 Å². The van der Waals surface area contributed by atoms with Crippen LogP contribution in [0.4, 0.5) is 5.69 Å². The summed E-state index contributed by atoms with van der Waals surface area (Å²) in [6.45, 7) is 12.0. The minimum atomic E-state index is -2.47. The number of likely N-dealkylation sites (N-methyl/N-ethyl adjacent to an activating group) is 1. The topological polar surface area (TPSA) is 154 Å². The van der Waals surface area contributed by atoms with Gasteiger partial charge >= 0.3 is 5.97 Å². The smallest absolute Gasteiger partial charge is 0.329 e. The first kappa shape index (κ1) is 49.5. The number of aromatic nitrogens is 1. The zero-order valence-corrected chi connectivity index (χ0v) is 39.1. The van der Waals surface area contributed by atoms with E-state index in [-0.39, 0.29) is 42.6 Å². The maximum absolute atomic E-state index is 14.7. The molecule has 0 radical (unpaired) electrons. The second-order valence-electron chi connectivity index (χ2n) is 18.9. The molecule has 1 saturated carbocycles. The summed E-state index contributed by atoms with van der Waals surface area (Å²) in [5, 5.41) is 12.2. The summed E-state index contributed by atoms with van der Waals surface area (Å²) in [6, 6.07) is 2.90. The van der Waals surface area contributed by atoms with E-state index in [4.69, 9.17) is 23.7 Å². The van der Waals surface area contributed by atoms with Crippen LogP contribution in [0.3, 0.4) is 0 Å². The number of aliphatic hydroxyl groups is 1. The van der Waals surface area contributed by atoms with Crippen LogP contribution in [0.15, 0.2) is 47.8 Å². The van der Waals surface area contributed by atoms with Gasteiger partial charge in [-0.2, -0.15) is 0 Å². The van der Waals surface area contributed by atoms with Gasteiger partial charge in [0.2, 0.25) is 5.79 Å². The van der Waals surface area contributed by atoms with Gasteiger partial charge < -0.3 is 38.6 Å². The quantitative estimate of drug-likeness (QED) is 0.160. The summed E-state index contributed by atoms with van der Waals surface area (Å²) < 4.78 is 30.7. The molecule has 1 N–H and O–H groups in total. The normalized spacial score (nSPS) is 36.5. The van der Waals surface area contributed by atoms with E-state index in [1.807, 2.05) is 39.8 Å². The lowest BCUT2D eigenvalue weighted by atomic mass is 9.76. The summed E-state index contributed by atoms with van der Waals surface area (Å²) in [5.41, 5.74) is 2.42. The number of anilines is 1. The minimum Gasteiger partial charge on any atom is -0.456 e. The average molecular weight is 866 g/mol. The number of hydrogen-bond donors (Lipinski definition) is 1. The highest BCUT2D eigenvalue weighted by atomic mass is 16.7. The molecule has 0 spiro atoms. The van der Waals surface area contributed by atoms with Crippen LogP contribution in [0, 0.1) is 23.7 Å². The lowest BCUT2D eigenvalue weighted by Gasteiger charge is -2.47. The van der Waals surface area contributed by atoms with Crippen LogP contribution in [-0.2, 0) is 42.9 Å². The number of cyclic esters (lactones) is 1. The molecule has 2 saturated heterocycles. The van der Waals surface area contributed by atoms with E-state index in [1.165, 1.54) is 4.90 Å². The molecule has 13 heteroatoms. The van der Waals surface area contributed by atoms with Crippen molar-refractivity contribution < 1.29 is 48.0 Å². The molecule has 3 aliphatic heterocycles. The van der Waals surface area contributed by atoms with E-state index in [0.717, 1.165) is 36.1 Å². The summed E-state index contributed by atoms with van der Waals surface area (Å²) in [6.07, 6.45) is 13.0. The third kappa shape index (κ3) is 11.2. The summed E-state index contributed by atoms with van der Waals surface area (Å²) in [7, 11) is 6.94. The Kier molecular flexibility index (Phi) is 17.5. The van der Waals surface area contributed by atoms with Crippen molar-refractivity contribution in [1.82, 2.24) is 9.88 Å². The number of pyridine rings is 1. The Hall–Kier alpha value is -3.49. The van der Waals surface area contributed by atoms with Crippen LogP contribution >= 0.6 is 0 Å². The molecule has 346 valence electrons. The van der Waals surface area contributed by atoms with Gasteiger partial charge in [0, 0.05) is 77.7 Å². The molecule has 4 aliphatic rings. The van der Waals surface area contributed by atoms with Crippen molar-refractivity contribution in [1.29, 1.82) is 0 Å². The van der Waals surface area contributed by atoms with Gasteiger partial charge in [0.1, 0.15) is 24.0 Å². The predicted octanol–water partition coefficient (Wildman–Crippen LogP) is 7.19. The summed E-state index contributed by atoms with van der Waals surface area (Å²) in [4.78, 5) is 65.3. The largest absolute Gasteiger partial charge is 0.456 e. The molecule has 1 aromatic heterocycles. The van der Waals surface area contributed by atoms with Gasteiger partial charge in [0.15, 0.2) is 0 Å². The Morgan fingerprint density at radius 3 is 2.34 bits per heavy atom. The number of ether oxygens (including phenoxy) is 5. The minimum absolute atomic E-state index is 0.0179. The first-order chi connectivity index (χ1) is 29.5. The number of methoxy groups -OCH3 is 3. The van der Waals surface area contributed by atoms with E-state index < -0.39 is 65.4 Å². The Balaban J connectivity index is 1.57. The predicted molar refractivity (Wildman–Crippen MR) is 237 cm³/mol. The van der Waals surface area contributed by atoms with E-state index in [1.54, 1.807) is 40.6 Å². The molecule has 62 heavy (non-hydrogen) atoms. The van der Waals surface area contributed by atoms with Crippen molar-refractivity contribution in [2.45, 2.75) is 173 Å². The van der Waals surface area contributed by atoms with E-state index in [0.29, 0.717) is 57.8 Å². The second-order valence-corrected chi connectivity index (χ2v) is 18.9. The van der Waals surface area contributed by atoms with Crippen LogP contribution in [-0.4, -0.2) is 121 Å². The molecule has 1 amide bonds. The number of ketones is 2. The van der Waals surface area contributed by atoms with Crippen molar-refractivity contribution in [2.75, 3.05) is 39.8 Å². The fourth-order valence-electron chi connectivity index (χ4n) is 10.7. The maximum atomic E-state index is 14.7. The monoisotopic (exact) mass is 866 g/mol. The number of carbonyl (C=O) groups is 4. The number of piperidine rings is 1. The van der Waals surface area contributed by atoms with Gasteiger partial charge in [-0.1, -0.05) is 45.4 Å². The number of allylic oxidation sites excluding steroid dienone is 2. The van der Waals surface area contributed by atoms with Gasteiger partial charge in [-0.25, -0.2) is 4.79 Å². The molecule has 12 atom stereocenters. The fourth-order valence-corrected chi connectivity index (χ4v) is 10.7. The first-order valence-electron chi connectivity index (χ1n) is 23.1. The van der Waals surface area contributed by atoms with Gasteiger partial charge in [0.25, 0.3) is 11.7 Å². The zero-order valence-electron chi connectivity index (χ0n) is 39.1. The van der Waals surface area contributed by atoms with E-state index >= 15 is 0 Å². The molecule has 1 aromatic rings. The van der Waals surface area contributed by atoms with Crippen molar-refractivity contribution in [3.8, 4) is 0 Å². The second kappa shape index (κ2) is 21.9. The molecule has 4 heterocycles. The first-order valence-corrected chi connectivity index (χ1v) is 23.1. The van der Waals surface area contributed by atoms with Gasteiger partial charge in [-0.05, 0) is 114 Å². The number of Topliss-reactive ketones (excluding diaryl/α,β-unsaturated/α-hetero) is 2. The number of fused-ring (bicyclic) bond motifs is 3. The van der Waals surface area contributed by atoms with Crippen LogP contribution in [0.1, 0.15) is 125 Å². The fraction of sp³-hybridized carbons (Fsp3) is 0.735. The molecular weight excluding hydrogens is 791 g/mol. The number of esters is 1. The molecule has 3 fully saturated rings. The van der Waals surface area contributed by atoms with E-state index in [2.05, 4.69) is 36.0 Å². The highest BCUT2D eigenvalue weighted by molar-refractivity contribution is 6.39. The molecule has 0 aromatic carbocycles. The number of nitrogens with zero attached hydrogens (tertiary/aromatic N) is 3. The number of rotatable bonds is 8. The van der Waals surface area contributed by atoms with Crippen LogP contribution in [0.2, 0.25) is 0 Å². The zero-order chi connectivity index (χ0) is 45.4. The highest BCUT2D eigenvalue weighted by Crippen LogP contribution is 2.41. The van der Waals surface area contributed by atoms with Gasteiger partial charge in [0.05, 0.1) is 23.9 Å². The van der Waals surface area contributed by atoms with Crippen LogP contribution in [0.5, 0.6) is 0 Å². The third-order valence-corrected chi connectivity index (χ3v) is 14.4. The molecule has 2 bridgehead atoms. The molecule has 1 aliphatic carbocycles. The van der Waals surface area contributed by atoms with E-state index in [9.17, 15) is 24.3 Å².